The lowest BCUT2D eigenvalue weighted by Gasteiger charge is -2.11. The van der Waals surface area contributed by atoms with Gasteiger partial charge in [0.2, 0.25) is 0 Å². The Kier molecular flexibility index (Phi) is 5.75. The molecule has 3 aromatic rings. The zero-order chi connectivity index (χ0) is 18.5. The molecule has 7 heteroatoms. The second-order valence-corrected chi connectivity index (χ2v) is 6.72. The Morgan fingerprint density at radius 1 is 1.12 bits per heavy atom. The highest BCUT2D eigenvalue weighted by atomic mass is 35.5. The number of rotatable bonds is 6. The molecule has 0 spiro atoms. The molecule has 1 amide bonds. The molecule has 0 saturated heterocycles. The Morgan fingerprint density at radius 3 is 2.62 bits per heavy atom. The first-order valence-electron chi connectivity index (χ1n) is 7.96. The first-order valence-corrected chi connectivity index (χ1v) is 9.15. The Morgan fingerprint density at radius 2 is 1.85 bits per heavy atom. The minimum absolute atomic E-state index is 0.287. The van der Waals surface area contributed by atoms with Gasteiger partial charge in [0.1, 0.15) is 10.6 Å². The van der Waals surface area contributed by atoms with Crippen LogP contribution in [0.3, 0.4) is 0 Å². The maximum atomic E-state index is 12.3. The Labute approximate surface area is 159 Å². The van der Waals surface area contributed by atoms with Gasteiger partial charge < -0.3 is 14.8 Å². The van der Waals surface area contributed by atoms with Crippen LogP contribution in [0.1, 0.15) is 16.6 Å². The minimum atomic E-state index is -0.621. The predicted octanol–water partition coefficient (Wildman–Crippen LogP) is 4.75. The van der Waals surface area contributed by atoms with Crippen LogP contribution in [0.4, 0.5) is 5.69 Å². The van der Waals surface area contributed by atoms with E-state index in [9.17, 15) is 9.59 Å². The van der Waals surface area contributed by atoms with E-state index < -0.39 is 18.5 Å². The molecule has 3 rings (SSSR count). The van der Waals surface area contributed by atoms with Gasteiger partial charge in [-0.05, 0) is 25.1 Å². The van der Waals surface area contributed by atoms with Gasteiger partial charge >= 0.3 is 5.97 Å². The van der Waals surface area contributed by atoms with Gasteiger partial charge in [0, 0.05) is 10.1 Å². The molecule has 0 bridgehead atoms. The topological polar surface area (TPSA) is 64.6 Å². The van der Waals surface area contributed by atoms with Crippen molar-refractivity contribution in [3.8, 4) is 5.75 Å². The summed E-state index contributed by atoms with van der Waals surface area (Å²) in [5.41, 5.74) is 0.523. The van der Waals surface area contributed by atoms with Gasteiger partial charge in [-0.1, -0.05) is 41.9 Å². The number of para-hydroxylation sites is 2. The molecule has 0 atom stereocenters. The van der Waals surface area contributed by atoms with Crippen molar-refractivity contribution in [1.82, 2.24) is 0 Å². The molecule has 0 saturated carbocycles. The molecule has 0 aliphatic rings. The van der Waals surface area contributed by atoms with Gasteiger partial charge in [-0.3, -0.25) is 4.79 Å². The van der Waals surface area contributed by atoms with Gasteiger partial charge in [-0.25, -0.2) is 4.79 Å². The molecular weight excluding hydrogens is 374 g/mol. The molecule has 26 heavy (non-hydrogen) atoms. The zero-order valence-corrected chi connectivity index (χ0v) is 15.5. The van der Waals surface area contributed by atoms with E-state index in [-0.39, 0.29) is 4.88 Å². The normalized spacial score (nSPS) is 10.5. The van der Waals surface area contributed by atoms with Crippen LogP contribution in [0, 0.1) is 0 Å². The van der Waals surface area contributed by atoms with Gasteiger partial charge in [0.25, 0.3) is 5.91 Å². The van der Waals surface area contributed by atoms with Crippen molar-refractivity contribution in [2.75, 3.05) is 18.5 Å². The molecule has 1 heterocycles. The van der Waals surface area contributed by atoms with E-state index in [0.29, 0.717) is 23.1 Å². The summed E-state index contributed by atoms with van der Waals surface area (Å²) in [6.45, 7) is 1.92. The van der Waals surface area contributed by atoms with E-state index in [1.807, 2.05) is 37.3 Å². The van der Waals surface area contributed by atoms with Crippen molar-refractivity contribution >= 4 is 50.6 Å². The van der Waals surface area contributed by atoms with Crippen LogP contribution in [0.25, 0.3) is 10.1 Å². The fourth-order valence-electron chi connectivity index (χ4n) is 2.38. The highest BCUT2D eigenvalue weighted by Gasteiger charge is 2.19. The number of esters is 1. The molecule has 5 nitrogen and oxygen atoms in total. The van der Waals surface area contributed by atoms with Crippen LogP contribution in [0.2, 0.25) is 5.02 Å². The number of nitrogens with one attached hydrogen (secondary N) is 1. The largest absolute Gasteiger partial charge is 0.492 e. The number of thiophene rings is 1. The fourth-order valence-corrected chi connectivity index (χ4v) is 3.78. The average molecular weight is 390 g/mol. The number of ether oxygens (including phenoxy) is 2. The van der Waals surface area contributed by atoms with Crippen molar-refractivity contribution in [2.24, 2.45) is 0 Å². The predicted molar refractivity (Wildman–Crippen MR) is 103 cm³/mol. The van der Waals surface area contributed by atoms with E-state index in [2.05, 4.69) is 5.32 Å². The second kappa shape index (κ2) is 8.21. The van der Waals surface area contributed by atoms with Crippen molar-refractivity contribution in [3.05, 3.63) is 58.4 Å². The first kappa shape index (κ1) is 18.2. The van der Waals surface area contributed by atoms with Crippen LogP contribution in [-0.2, 0) is 9.53 Å². The van der Waals surface area contributed by atoms with Gasteiger partial charge in [0.15, 0.2) is 6.61 Å². The van der Waals surface area contributed by atoms with E-state index in [1.165, 1.54) is 11.3 Å². The lowest BCUT2D eigenvalue weighted by atomic mass is 10.2. The molecule has 1 N–H and O–H groups in total. The van der Waals surface area contributed by atoms with Gasteiger partial charge in [-0.15, -0.1) is 11.3 Å². The summed E-state index contributed by atoms with van der Waals surface area (Å²) < 4.78 is 11.4. The highest BCUT2D eigenvalue weighted by Crippen LogP contribution is 2.35. The summed E-state index contributed by atoms with van der Waals surface area (Å²) in [6, 6.07) is 14.5. The van der Waals surface area contributed by atoms with Gasteiger partial charge in [-0.2, -0.15) is 0 Å². The maximum absolute atomic E-state index is 12.3. The number of anilines is 1. The van der Waals surface area contributed by atoms with E-state index >= 15 is 0 Å². The second-order valence-electron chi connectivity index (χ2n) is 5.29. The van der Waals surface area contributed by atoms with Crippen molar-refractivity contribution < 1.29 is 19.1 Å². The van der Waals surface area contributed by atoms with Crippen molar-refractivity contribution in [3.63, 3.8) is 0 Å². The van der Waals surface area contributed by atoms with Crippen LogP contribution in [0.15, 0.2) is 48.5 Å². The number of carbonyl (C=O) groups excluding carboxylic acids is 2. The molecule has 0 radical (unpaired) electrons. The van der Waals surface area contributed by atoms with Crippen molar-refractivity contribution in [1.29, 1.82) is 0 Å². The average Bonchev–Trinajstić information content (AvgIpc) is 2.99. The number of halogens is 1. The summed E-state index contributed by atoms with van der Waals surface area (Å²) in [5.74, 6) is -0.519. The van der Waals surface area contributed by atoms with Crippen molar-refractivity contribution in [2.45, 2.75) is 6.92 Å². The van der Waals surface area contributed by atoms with Crippen LogP contribution >= 0.6 is 22.9 Å². The van der Waals surface area contributed by atoms with Crippen LogP contribution in [-0.4, -0.2) is 25.1 Å². The Bertz CT molecular complexity index is 954. The molecule has 0 fully saturated rings. The Balaban J connectivity index is 1.64. The Hall–Kier alpha value is -2.57. The SMILES string of the molecule is CCOc1ccccc1NC(=O)COC(=O)c1sc2ccccc2c1Cl. The van der Waals surface area contributed by atoms with Crippen LogP contribution in [0.5, 0.6) is 5.75 Å². The standard InChI is InChI=1S/C19H16ClNO4S/c1-2-24-14-9-5-4-8-13(14)21-16(22)11-25-19(23)18-17(20)12-7-3-6-10-15(12)26-18/h3-10H,2,11H2,1H3,(H,21,22). The number of hydrogen-bond acceptors (Lipinski definition) is 5. The number of fused-ring (bicyclic) bond motifs is 1. The van der Waals surface area contributed by atoms with Gasteiger partial charge in [0.05, 0.1) is 17.3 Å². The fraction of sp³-hybridized carbons (Fsp3) is 0.158. The number of benzene rings is 2. The highest BCUT2D eigenvalue weighted by molar-refractivity contribution is 7.21. The number of carbonyl (C=O) groups is 2. The third kappa shape index (κ3) is 3.98. The lowest BCUT2D eigenvalue weighted by Crippen LogP contribution is -2.21. The third-order valence-corrected chi connectivity index (χ3v) is 5.17. The molecule has 0 aliphatic carbocycles. The van der Waals surface area contributed by atoms with E-state index in [0.717, 1.165) is 10.1 Å². The van der Waals surface area contributed by atoms with E-state index in [1.54, 1.807) is 18.2 Å². The smallest absolute Gasteiger partial charge is 0.350 e. The summed E-state index contributed by atoms with van der Waals surface area (Å²) >= 11 is 7.48. The first-order chi connectivity index (χ1) is 12.6. The molecule has 134 valence electrons. The monoisotopic (exact) mass is 389 g/mol. The number of amides is 1. The quantitative estimate of drug-likeness (QED) is 0.618. The molecule has 1 aromatic heterocycles. The lowest BCUT2D eigenvalue weighted by molar-refractivity contribution is -0.119. The molecule has 0 aliphatic heterocycles. The maximum Gasteiger partial charge on any atom is 0.350 e. The van der Waals surface area contributed by atoms with Crippen LogP contribution < -0.4 is 10.1 Å². The molecule has 0 unspecified atom stereocenters. The molecular formula is C19H16ClNO4S. The minimum Gasteiger partial charge on any atom is -0.492 e. The summed E-state index contributed by atoms with van der Waals surface area (Å²) in [7, 11) is 0. The number of hydrogen-bond donors (Lipinski definition) is 1. The van der Waals surface area contributed by atoms with E-state index in [4.69, 9.17) is 21.1 Å². The zero-order valence-electron chi connectivity index (χ0n) is 14.0. The third-order valence-electron chi connectivity index (χ3n) is 3.52. The summed E-state index contributed by atoms with van der Waals surface area (Å²) in [5, 5.41) is 3.81. The molecule has 2 aromatic carbocycles. The summed E-state index contributed by atoms with van der Waals surface area (Å²) in [4.78, 5) is 24.6. The summed E-state index contributed by atoms with van der Waals surface area (Å²) in [6.07, 6.45) is 0.